The van der Waals surface area contributed by atoms with Crippen LogP contribution in [0.3, 0.4) is 0 Å². The number of hydrogen-bond acceptors (Lipinski definition) is 5. The molecule has 1 atom stereocenters. The summed E-state index contributed by atoms with van der Waals surface area (Å²) in [4.78, 5) is 25.3. The highest BCUT2D eigenvalue weighted by Gasteiger charge is 2.19. The Labute approximate surface area is 170 Å². The Morgan fingerprint density at radius 2 is 1.93 bits per heavy atom. The van der Waals surface area contributed by atoms with E-state index in [-0.39, 0.29) is 17.5 Å². The number of carbonyl (C=O) groups is 1. The number of rotatable bonds is 5. The van der Waals surface area contributed by atoms with Crippen LogP contribution in [0.1, 0.15) is 54.2 Å². The molecule has 0 spiro atoms. The van der Waals surface area contributed by atoms with Gasteiger partial charge in [-0.3, -0.25) is 9.59 Å². The summed E-state index contributed by atoms with van der Waals surface area (Å²) in [7, 11) is 0. The third-order valence-electron chi connectivity index (χ3n) is 5.55. The summed E-state index contributed by atoms with van der Waals surface area (Å²) < 4.78 is 12.6. The van der Waals surface area contributed by atoms with Crippen molar-refractivity contribution < 1.29 is 14.3 Å². The maximum absolute atomic E-state index is 12.7. The quantitative estimate of drug-likeness (QED) is 0.784. The molecular formula is C22H27N3O4. The van der Waals surface area contributed by atoms with Gasteiger partial charge in [0.15, 0.2) is 11.5 Å². The van der Waals surface area contributed by atoms with Gasteiger partial charge < -0.3 is 14.8 Å². The minimum Gasteiger partial charge on any atom is -0.486 e. The first-order valence-corrected chi connectivity index (χ1v) is 10.4. The zero-order valence-electron chi connectivity index (χ0n) is 16.8. The van der Waals surface area contributed by atoms with Crippen molar-refractivity contribution in [2.75, 3.05) is 13.2 Å². The van der Waals surface area contributed by atoms with Gasteiger partial charge in [0.1, 0.15) is 13.2 Å². The molecule has 154 valence electrons. The highest BCUT2D eigenvalue weighted by molar-refractivity contribution is 5.95. The smallest absolute Gasteiger partial charge is 0.267 e. The summed E-state index contributed by atoms with van der Waals surface area (Å²) in [5, 5.41) is 7.64. The number of benzene rings is 1. The van der Waals surface area contributed by atoms with E-state index in [0.717, 1.165) is 36.9 Å². The van der Waals surface area contributed by atoms with E-state index in [1.165, 1.54) is 11.1 Å². The lowest BCUT2D eigenvalue weighted by Gasteiger charge is -2.21. The van der Waals surface area contributed by atoms with Gasteiger partial charge in [0.05, 0.1) is 12.2 Å². The topological polar surface area (TPSA) is 82.5 Å². The average molecular weight is 397 g/mol. The molecule has 1 aliphatic heterocycles. The SMILES string of the molecule is CC[C@@H](Cn1nc2c(cc1=O)CCCCC2)NC(=O)c1ccc2c(c1)OCCO2. The Bertz CT molecular complexity index is 954. The van der Waals surface area contributed by atoms with Crippen LogP contribution in [0.5, 0.6) is 11.5 Å². The maximum atomic E-state index is 12.7. The highest BCUT2D eigenvalue weighted by atomic mass is 16.6. The molecule has 2 heterocycles. The zero-order valence-corrected chi connectivity index (χ0v) is 16.8. The van der Waals surface area contributed by atoms with Crippen molar-refractivity contribution in [3.63, 3.8) is 0 Å². The van der Waals surface area contributed by atoms with Crippen molar-refractivity contribution in [3.8, 4) is 11.5 Å². The summed E-state index contributed by atoms with van der Waals surface area (Å²) in [5.41, 5.74) is 2.51. The van der Waals surface area contributed by atoms with Gasteiger partial charge >= 0.3 is 0 Å². The lowest BCUT2D eigenvalue weighted by molar-refractivity contribution is 0.0929. The van der Waals surface area contributed by atoms with E-state index in [4.69, 9.17) is 9.47 Å². The first-order chi connectivity index (χ1) is 14.1. The summed E-state index contributed by atoms with van der Waals surface area (Å²) >= 11 is 0. The predicted molar refractivity (Wildman–Crippen MR) is 109 cm³/mol. The van der Waals surface area contributed by atoms with Crippen LogP contribution in [-0.2, 0) is 19.4 Å². The second-order valence-corrected chi connectivity index (χ2v) is 7.63. The van der Waals surface area contributed by atoms with Crippen LogP contribution in [0, 0.1) is 0 Å². The molecule has 4 rings (SSSR count). The van der Waals surface area contributed by atoms with Crippen LogP contribution in [0.4, 0.5) is 0 Å². The van der Waals surface area contributed by atoms with Crippen molar-refractivity contribution in [1.82, 2.24) is 15.1 Å². The van der Waals surface area contributed by atoms with E-state index in [9.17, 15) is 9.59 Å². The molecule has 1 N–H and O–H groups in total. The minimum atomic E-state index is -0.198. The zero-order chi connectivity index (χ0) is 20.2. The Kier molecular flexibility index (Phi) is 5.83. The van der Waals surface area contributed by atoms with Crippen LogP contribution in [0.25, 0.3) is 0 Å². The molecule has 1 aromatic heterocycles. The van der Waals surface area contributed by atoms with Gasteiger partial charge in [-0.15, -0.1) is 0 Å². The molecule has 0 unspecified atom stereocenters. The van der Waals surface area contributed by atoms with Crippen LogP contribution in [-0.4, -0.2) is 34.9 Å². The van der Waals surface area contributed by atoms with Gasteiger partial charge in [-0.25, -0.2) is 4.68 Å². The largest absolute Gasteiger partial charge is 0.486 e. The van der Waals surface area contributed by atoms with Gasteiger partial charge in [0.2, 0.25) is 0 Å². The van der Waals surface area contributed by atoms with Gasteiger partial charge in [0.25, 0.3) is 11.5 Å². The maximum Gasteiger partial charge on any atom is 0.267 e. The third kappa shape index (κ3) is 4.44. The molecule has 2 aliphatic rings. The standard InChI is InChI=1S/C22H27N3O4/c1-2-17(14-25-21(26)13-15-6-4-3-5-7-18(15)24-25)23-22(27)16-8-9-19-20(12-16)29-11-10-28-19/h8-9,12-13,17H,2-7,10-11,14H2,1H3,(H,23,27)/t17-/m0/s1. The number of nitrogens with one attached hydrogen (secondary N) is 1. The van der Waals surface area contributed by atoms with Crippen molar-refractivity contribution in [3.05, 3.63) is 51.4 Å². The number of hydrogen-bond donors (Lipinski definition) is 1. The third-order valence-corrected chi connectivity index (χ3v) is 5.55. The number of aryl methyl sites for hydroxylation is 2. The first-order valence-electron chi connectivity index (χ1n) is 10.4. The highest BCUT2D eigenvalue weighted by Crippen LogP contribution is 2.30. The predicted octanol–water partition coefficient (Wildman–Crippen LogP) is 2.49. The number of ether oxygens (including phenoxy) is 2. The molecule has 0 radical (unpaired) electrons. The summed E-state index contributed by atoms with van der Waals surface area (Å²) in [6, 6.07) is 6.71. The van der Waals surface area contributed by atoms with Gasteiger partial charge in [-0.05, 0) is 55.9 Å². The van der Waals surface area contributed by atoms with Gasteiger partial charge in [-0.2, -0.15) is 5.10 Å². The monoisotopic (exact) mass is 397 g/mol. The molecule has 0 saturated heterocycles. The second kappa shape index (κ2) is 8.68. The Morgan fingerprint density at radius 1 is 1.14 bits per heavy atom. The molecule has 0 saturated carbocycles. The summed E-state index contributed by atoms with van der Waals surface area (Å²) in [5.74, 6) is 1.04. The van der Waals surface area contributed by atoms with Crippen LogP contribution >= 0.6 is 0 Å². The molecule has 7 nitrogen and oxygen atoms in total. The Balaban J connectivity index is 1.48. The summed E-state index contributed by atoms with van der Waals surface area (Å²) in [6.07, 6.45) is 5.93. The summed E-state index contributed by atoms with van der Waals surface area (Å²) in [6.45, 7) is 3.34. The Morgan fingerprint density at radius 3 is 2.76 bits per heavy atom. The van der Waals surface area contributed by atoms with Crippen molar-refractivity contribution in [2.45, 2.75) is 58.0 Å². The number of aromatic nitrogens is 2. The van der Waals surface area contributed by atoms with Crippen LogP contribution < -0.4 is 20.3 Å². The van der Waals surface area contributed by atoms with Gasteiger partial charge in [0, 0.05) is 17.7 Å². The molecular weight excluding hydrogens is 370 g/mol. The second-order valence-electron chi connectivity index (χ2n) is 7.63. The fourth-order valence-electron chi connectivity index (χ4n) is 3.85. The fourth-order valence-corrected chi connectivity index (χ4v) is 3.85. The van der Waals surface area contributed by atoms with E-state index in [0.29, 0.717) is 43.2 Å². The molecule has 1 aromatic carbocycles. The normalized spacial score (nSPS) is 16.4. The molecule has 1 amide bonds. The van der Waals surface area contributed by atoms with E-state index in [2.05, 4.69) is 10.4 Å². The van der Waals surface area contributed by atoms with Crippen molar-refractivity contribution in [2.24, 2.45) is 0 Å². The van der Waals surface area contributed by atoms with Crippen LogP contribution in [0.2, 0.25) is 0 Å². The molecule has 0 fully saturated rings. The molecule has 0 bridgehead atoms. The fraction of sp³-hybridized carbons (Fsp3) is 0.500. The molecule has 29 heavy (non-hydrogen) atoms. The van der Waals surface area contributed by atoms with E-state index in [1.807, 2.05) is 6.92 Å². The number of nitrogens with zero attached hydrogens (tertiary/aromatic N) is 2. The van der Waals surface area contributed by atoms with Crippen LogP contribution in [0.15, 0.2) is 29.1 Å². The lowest BCUT2D eigenvalue weighted by atomic mass is 10.1. The molecule has 1 aliphatic carbocycles. The first kappa shape index (κ1) is 19.5. The average Bonchev–Trinajstić information content (AvgIpc) is 2.97. The number of amides is 1. The van der Waals surface area contributed by atoms with Crippen molar-refractivity contribution >= 4 is 5.91 Å². The lowest BCUT2D eigenvalue weighted by Crippen LogP contribution is -2.40. The van der Waals surface area contributed by atoms with E-state index in [1.54, 1.807) is 24.3 Å². The number of carbonyl (C=O) groups excluding carboxylic acids is 1. The number of fused-ring (bicyclic) bond motifs is 2. The molecule has 2 aromatic rings. The molecule has 7 heteroatoms. The van der Waals surface area contributed by atoms with Gasteiger partial charge in [-0.1, -0.05) is 13.3 Å². The van der Waals surface area contributed by atoms with E-state index < -0.39 is 0 Å². The van der Waals surface area contributed by atoms with Crippen molar-refractivity contribution in [1.29, 1.82) is 0 Å². The minimum absolute atomic E-state index is 0.0994. The van der Waals surface area contributed by atoms with E-state index >= 15 is 0 Å². The Hall–Kier alpha value is -2.83.